The molecule has 1 saturated carbocycles. The molecule has 1 spiro atoms. The molecule has 3 heterocycles. The number of pyridine rings is 1. The Bertz CT molecular complexity index is 796. The molecule has 0 atom stereocenters. The van der Waals surface area contributed by atoms with Crippen molar-refractivity contribution in [2.24, 2.45) is 4.40 Å². The van der Waals surface area contributed by atoms with Gasteiger partial charge in [-0.2, -0.15) is 17.8 Å². The number of piperidine rings is 1. The van der Waals surface area contributed by atoms with Gasteiger partial charge in [-0.15, -0.1) is 0 Å². The second-order valence-electron chi connectivity index (χ2n) is 7.04. The predicted octanol–water partition coefficient (Wildman–Crippen LogP) is 1.94. The van der Waals surface area contributed by atoms with Crippen molar-refractivity contribution in [1.82, 2.24) is 9.88 Å². The third-order valence-electron chi connectivity index (χ3n) is 4.94. The maximum absolute atomic E-state index is 12.3. The average molecular weight is 365 g/mol. The molecule has 25 heavy (non-hydrogen) atoms. The molecule has 2 fully saturated rings. The van der Waals surface area contributed by atoms with Gasteiger partial charge in [0.2, 0.25) is 11.8 Å². The lowest BCUT2D eigenvalue weighted by Crippen LogP contribution is -2.33. The third kappa shape index (κ3) is 3.50. The van der Waals surface area contributed by atoms with Crippen molar-refractivity contribution in [2.45, 2.75) is 49.5 Å². The lowest BCUT2D eigenvalue weighted by Gasteiger charge is -2.26. The van der Waals surface area contributed by atoms with Crippen LogP contribution in [0.5, 0.6) is 11.8 Å². The molecule has 0 radical (unpaired) electrons. The van der Waals surface area contributed by atoms with E-state index in [0.29, 0.717) is 18.1 Å². The van der Waals surface area contributed by atoms with Gasteiger partial charge >= 0.3 is 0 Å². The summed E-state index contributed by atoms with van der Waals surface area (Å²) in [7, 11) is -3.77. The Morgan fingerprint density at radius 3 is 2.76 bits per heavy atom. The molecular formula is C17H23N3O4S. The topological polar surface area (TPSA) is 81.1 Å². The molecule has 2 aliphatic heterocycles. The molecule has 0 unspecified atom stereocenters. The van der Waals surface area contributed by atoms with Crippen LogP contribution in [0.25, 0.3) is 0 Å². The molecule has 1 saturated heterocycles. The Morgan fingerprint density at radius 1 is 1.28 bits per heavy atom. The number of likely N-dealkylation sites (tertiary alicyclic amines) is 1. The summed E-state index contributed by atoms with van der Waals surface area (Å²) in [5.74, 6) is 0.539. The summed E-state index contributed by atoms with van der Waals surface area (Å²) in [6.45, 7) is 5.40. The van der Waals surface area contributed by atoms with Gasteiger partial charge in [0.1, 0.15) is 12.2 Å². The zero-order valence-electron chi connectivity index (χ0n) is 14.4. The first-order valence-corrected chi connectivity index (χ1v) is 10.3. The van der Waals surface area contributed by atoms with E-state index >= 15 is 0 Å². The van der Waals surface area contributed by atoms with Crippen molar-refractivity contribution < 1.29 is 17.9 Å². The van der Waals surface area contributed by atoms with Crippen molar-refractivity contribution in [3.63, 3.8) is 0 Å². The number of rotatable bonds is 4. The van der Waals surface area contributed by atoms with E-state index in [2.05, 4.69) is 14.3 Å². The molecule has 1 aliphatic carbocycles. The molecule has 1 aromatic heterocycles. The minimum absolute atomic E-state index is 0.0217. The first-order valence-electron chi connectivity index (χ1n) is 8.85. The largest absolute Gasteiger partial charge is 0.476 e. The molecule has 0 aromatic carbocycles. The van der Waals surface area contributed by atoms with Gasteiger partial charge in [-0.25, -0.2) is 0 Å². The number of hydrogen-bond acceptors (Lipinski definition) is 6. The van der Waals surface area contributed by atoms with E-state index in [4.69, 9.17) is 9.47 Å². The van der Waals surface area contributed by atoms with E-state index in [9.17, 15) is 8.42 Å². The van der Waals surface area contributed by atoms with Crippen LogP contribution < -0.4 is 9.47 Å². The van der Waals surface area contributed by atoms with Crippen LogP contribution in [0.1, 0.15) is 37.7 Å². The molecule has 4 rings (SSSR count). The quantitative estimate of drug-likeness (QED) is 0.811. The number of sulfonamides is 1. The summed E-state index contributed by atoms with van der Waals surface area (Å²) in [5.41, 5.74) is 0.0672. The van der Waals surface area contributed by atoms with E-state index in [1.807, 2.05) is 0 Å². The summed E-state index contributed by atoms with van der Waals surface area (Å²) < 4.78 is 40.1. The fourth-order valence-electron chi connectivity index (χ4n) is 3.21. The number of aryl methyl sites for hydroxylation is 1. The van der Waals surface area contributed by atoms with Gasteiger partial charge < -0.3 is 9.47 Å². The van der Waals surface area contributed by atoms with Crippen molar-refractivity contribution in [3.8, 4) is 11.8 Å². The Morgan fingerprint density at radius 2 is 2.04 bits per heavy atom. The van der Waals surface area contributed by atoms with E-state index in [1.165, 1.54) is 25.5 Å². The van der Waals surface area contributed by atoms with Gasteiger partial charge in [-0.1, -0.05) is 6.42 Å². The van der Waals surface area contributed by atoms with Gasteiger partial charge in [-0.3, -0.25) is 4.90 Å². The van der Waals surface area contributed by atoms with Crippen molar-refractivity contribution in [2.75, 3.05) is 26.2 Å². The summed E-state index contributed by atoms with van der Waals surface area (Å²) in [6.07, 6.45) is 6.70. The molecule has 1 aromatic rings. The molecule has 0 amide bonds. The molecule has 3 aliphatic rings. The highest BCUT2D eigenvalue weighted by molar-refractivity contribution is 7.90. The summed E-state index contributed by atoms with van der Waals surface area (Å²) >= 11 is 0. The van der Waals surface area contributed by atoms with Crippen LogP contribution in [0.3, 0.4) is 0 Å². The van der Waals surface area contributed by atoms with Crippen molar-refractivity contribution >= 4 is 16.2 Å². The van der Waals surface area contributed by atoms with Gasteiger partial charge in [0.25, 0.3) is 10.0 Å². The summed E-state index contributed by atoms with van der Waals surface area (Å²) in [6, 6.07) is 1.55. The second-order valence-corrected chi connectivity index (χ2v) is 8.64. The number of hydrogen-bond donors (Lipinski definition) is 0. The van der Waals surface area contributed by atoms with Crippen LogP contribution in [0, 0.1) is 6.92 Å². The highest BCUT2D eigenvalue weighted by Gasteiger charge is 2.48. The average Bonchev–Trinajstić information content (AvgIpc) is 3.37. The van der Waals surface area contributed by atoms with E-state index < -0.39 is 15.6 Å². The van der Waals surface area contributed by atoms with E-state index in [-0.39, 0.29) is 10.8 Å². The minimum Gasteiger partial charge on any atom is -0.476 e. The van der Waals surface area contributed by atoms with Gasteiger partial charge in [0, 0.05) is 12.1 Å². The van der Waals surface area contributed by atoms with Crippen LogP contribution in [0.15, 0.2) is 15.4 Å². The minimum atomic E-state index is -3.77. The Labute approximate surface area is 148 Å². The van der Waals surface area contributed by atoms with E-state index in [0.717, 1.165) is 32.5 Å². The summed E-state index contributed by atoms with van der Waals surface area (Å²) in [4.78, 5) is 6.77. The second kappa shape index (κ2) is 6.25. The van der Waals surface area contributed by atoms with Gasteiger partial charge in [-0.05, 0) is 51.8 Å². The number of aromatic nitrogens is 1. The normalized spacial score (nSPS) is 23.6. The third-order valence-corrected chi connectivity index (χ3v) is 6.17. The Balaban J connectivity index is 1.52. The highest BCUT2D eigenvalue weighted by atomic mass is 32.2. The standard InChI is InChI=1S/C17H23N3O4S/c1-13-11-14-16(24-17(5-6-17)12-18-25(14,21)22)19-15(13)23-10-9-20-7-3-2-4-8-20/h11-12H,2-10H2,1H3. The van der Waals surface area contributed by atoms with E-state index in [1.54, 1.807) is 13.0 Å². The fourth-order valence-corrected chi connectivity index (χ4v) is 4.29. The first-order chi connectivity index (χ1) is 12.0. The first kappa shape index (κ1) is 16.8. The molecule has 8 heteroatoms. The van der Waals surface area contributed by atoms with Crippen molar-refractivity contribution in [1.29, 1.82) is 0 Å². The fraction of sp³-hybridized carbons (Fsp3) is 0.647. The van der Waals surface area contributed by atoms with Gasteiger partial charge in [0.05, 0.1) is 6.21 Å². The molecule has 136 valence electrons. The molecule has 7 nitrogen and oxygen atoms in total. The maximum atomic E-state index is 12.3. The SMILES string of the molecule is Cc1cc2c(nc1OCCN1CCCCC1)OC1(C=NS2(=O)=O)CC1. The smallest absolute Gasteiger partial charge is 0.287 e. The Hall–Kier alpha value is -1.67. The van der Waals surface area contributed by atoms with Gasteiger partial charge in [0.15, 0.2) is 4.90 Å². The number of fused-ring (bicyclic) bond motifs is 1. The lowest BCUT2D eigenvalue weighted by atomic mass is 10.1. The van der Waals surface area contributed by atoms with Crippen LogP contribution in [-0.4, -0.2) is 56.4 Å². The number of nitrogens with zero attached hydrogens (tertiary/aromatic N) is 3. The molecule has 0 bridgehead atoms. The van der Waals surface area contributed by atoms with Crippen LogP contribution >= 0.6 is 0 Å². The van der Waals surface area contributed by atoms with Crippen LogP contribution in [0.2, 0.25) is 0 Å². The maximum Gasteiger partial charge on any atom is 0.287 e. The molecular weight excluding hydrogens is 342 g/mol. The zero-order valence-corrected chi connectivity index (χ0v) is 15.2. The van der Waals surface area contributed by atoms with Crippen LogP contribution in [0.4, 0.5) is 0 Å². The highest BCUT2D eigenvalue weighted by Crippen LogP contribution is 2.43. The molecule has 0 N–H and O–H groups in total. The zero-order chi connectivity index (χ0) is 17.5. The van der Waals surface area contributed by atoms with Crippen molar-refractivity contribution in [3.05, 3.63) is 11.6 Å². The number of ether oxygens (including phenoxy) is 2. The van der Waals surface area contributed by atoms with Crippen LogP contribution in [-0.2, 0) is 10.0 Å². The monoisotopic (exact) mass is 365 g/mol. The summed E-state index contributed by atoms with van der Waals surface area (Å²) in [5, 5.41) is 0. The lowest BCUT2D eigenvalue weighted by molar-refractivity contribution is 0.177. The Kier molecular flexibility index (Phi) is 4.19. The predicted molar refractivity (Wildman–Crippen MR) is 93.0 cm³/mol.